The monoisotopic (exact) mass is 265 g/mol. The van der Waals surface area contributed by atoms with E-state index in [0.717, 1.165) is 11.1 Å². The molecule has 3 nitrogen and oxygen atoms in total. The van der Waals surface area contributed by atoms with E-state index in [-0.39, 0.29) is 24.3 Å². The van der Waals surface area contributed by atoms with E-state index in [1.54, 1.807) is 0 Å². The third-order valence-electron chi connectivity index (χ3n) is 4.59. The van der Waals surface area contributed by atoms with Gasteiger partial charge in [-0.3, -0.25) is 9.18 Å². The van der Waals surface area contributed by atoms with Crippen LogP contribution in [0.2, 0.25) is 0 Å². The molecule has 104 valence electrons. The van der Waals surface area contributed by atoms with Crippen LogP contribution in [0.1, 0.15) is 30.9 Å². The van der Waals surface area contributed by atoms with Crippen LogP contribution < -0.4 is 5.32 Å². The maximum Gasteiger partial charge on any atom is 0.227 e. The van der Waals surface area contributed by atoms with Gasteiger partial charge in [-0.25, -0.2) is 0 Å². The average Bonchev–Trinajstić information content (AvgIpc) is 2.75. The molecule has 2 rings (SSSR count). The molecule has 1 fully saturated rings. The lowest BCUT2D eigenvalue weighted by Gasteiger charge is -2.33. The molecule has 0 aromatic heterocycles. The van der Waals surface area contributed by atoms with Gasteiger partial charge in [0.1, 0.15) is 0 Å². The van der Waals surface area contributed by atoms with Gasteiger partial charge in [0.15, 0.2) is 0 Å². The van der Waals surface area contributed by atoms with Crippen LogP contribution in [0, 0.1) is 11.3 Å². The van der Waals surface area contributed by atoms with E-state index in [1.165, 1.54) is 0 Å². The lowest BCUT2D eigenvalue weighted by atomic mass is 9.68. The van der Waals surface area contributed by atoms with E-state index in [0.29, 0.717) is 6.54 Å². The first-order valence-electron chi connectivity index (χ1n) is 6.58. The number of hydrogen-bond donors (Lipinski definition) is 2. The summed E-state index contributed by atoms with van der Waals surface area (Å²) in [5.74, 6) is -0.426. The number of nitrogens with one attached hydrogen (secondary N) is 1. The molecule has 1 aromatic rings. The highest BCUT2D eigenvalue weighted by Gasteiger charge is 2.50. The number of amides is 1. The molecule has 0 unspecified atom stereocenters. The van der Waals surface area contributed by atoms with Gasteiger partial charge >= 0.3 is 0 Å². The van der Waals surface area contributed by atoms with Crippen LogP contribution in [0.3, 0.4) is 0 Å². The standard InChI is InChI=1S/C15H20FNO2/c1-10(12-5-3-11(9-18)4-6-12)15(2)13(7-16)8-17-14(15)19/h3-6,10,13,18H,7-9H2,1-2H3,(H,17,19)/t10-,13+,15-/m1/s1. The molecule has 1 aromatic carbocycles. The molecule has 0 radical (unpaired) electrons. The van der Waals surface area contributed by atoms with Crippen LogP contribution >= 0.6 is 0 Å². The van der Waals surface area contributed by atoms with Crippen LogP contribution in [-0.2, 0) is 11.4 Å². The zero-order valence-electron chi connectivity index (χ0n) is 11.3. The second kappa shape index (κ2) is 5.29. The summed E-state index contributed by atoms with van der Waals surface area (Å²) in [5.41, 5.74) is 1.12. The Morgan fingerprint density at radius 1 is 1.47 bits per heavy atom. The number of aliphatic hydroxyl groups is 1. The van der Waals surface area contributed by atoms with Crippen LogP contribution in [0.5, 0.6) is 0 Å². The van der Waals surface area contributed by atoms with Gasteiger partial charge in [0.05, 0.1) is 18.7 Å². The fraction of sp³-hybridized carbons (Fsp3) is 0.533. The molecule has 0 aliphatic carbocycles. The normalized spacial score (nSPS) is 28.2. The Kier molecular flexibility index (Phi) is 3.90. The fourth-order valence-corrected chi connectivity index (χ4v) is 2.83. The van der Waals surface area contributed by atoms with Crippen LogP contribution in [0.15, 0.2) is 24.3 Å². The van der Waals surface area contributed by atoms with Gasteiger partial charge in [0, 0.05) is 12.5 Å². The number of rotatable bonds is 4. The van der Waals surface area contributed by atoms with Crippen molar-refractivity contribution in [2.75, 3.05) is 13.2 Å². The van der Waals surface area contributed by atoms with Gasteiger partial charge in [0.25, 0.3) is 0 Å². The molecule has 3 atom stereocenters. The van der Waals surface area contributed by atoms with Gasteiger partial charge in [-0.2, -0.15) is 0 Å². The zero-order valence-corrected chi connectivity index (χ0v) is 11.3. The van der Waals surface area contributed by atoms with Gasteiger partial charge in [0.2, 0.25) is 5.91 Å². The molecule has 1 amide bonds. The van der Waals surface area contributed by atoms with Crippen LogP contribution in [0.4, 0.5) is 4.39 Å². The highest BCUT2D eigenvalue weighted by atomic mass is 19.1. The zero-order chi connectivity index (χ0) is 14.0. The molecular weight excluding hydrogens is 245 g/mol. The van der Waals surface area contributed by atoms with E-state index >= 15 is 0 Å². The maximum absolute atomic E-state index is 13.1. The largest absolute Gasteiger partial charge is 0.392 e. The summed E-state index contributed by atoms with van der Waals surface area (Å²) in [6.45, 7) is 3.71. The second-order valence-corrected chi connectivity index (χ2v) is 5.47. The highest BCUT2D eigenvalue weighted by molar-refractivity contribution is 5.86. The van der Waals surface area contributed by atoms with Crippen molar-refractivity contribution in [1.29, 1.82) is 0 Å². The van der Waals surface area contributed by atoms with Crippen molar-refractivity contribution in [3.63, 3.8) is 0 Å². The Labute approximate surface area is 112 Å². The van der Waals surface area contributed by atoms with Crippen LogP contribution in [-0.4, -0.2) is 24.2 Å². The molecular formula is C15H20FNO2. The number of hydrogen-bond acceptors (Lipinski definition) is 2. The Bertz CT molecular complexity index is 460. The minimum atomic E-state index is -0.713. The summed E-state index contributed by atoms with van der Waals surface area (Å²) in [6, 6.07) is 7.49. The van der Waals surface area contributed by atoms with E-state index in [1.807, 2.05) is 38.1 Å². The maximum atomic E-state index is 13.1. The molecule has 1 saturated heterocycles. The highest BCUT2D eigenvalue weighted by Crippen LogP contribution is 2.45. The SMILES string of the molecule is C[C@H](c1ccc(CO)cc1)[C@@]1(C)C(=O)NC[C@@H]1CF. The predicted octanol–water partition coefficient (Wildman–Crippen LogP) is 2.00. The van der Waals surface area contributed by atoms with Crippen molar-refractivity contribution in [3.8, 4) is 0 Å². The first-order valence-corrected chi connectivity index (χ1v) is 6.58. The molecule has 4 heteroatoms. The van der Waals surface area contributed by atoms with Gasteiger partial charge < -0.3 is 10.4 Å². The second-order valence-electron chi connectivity index (χ2n) is 5.47. The van der Waals surface area contributed by atoms with Crippen molar-refractivity contribution < 1.29 is 14.3 Å². The van der Waals surface area contributed by atoms with Crippen molar-refractivity contribution in [2.24, 2.45) is 11.3 Å². The van der Waals surface area contributed by atoms with E-state index < -0.39 is 12.1 Å². The predicted molar refractivity (Wildman–Crippen MR) is 71.4 cm³/mol. The molecule has 0 saturated carbocycles. The van der Waals surface area contributed by atoms with Crippen LogP contribution in [0.25, 0.3) is 0 Å². The minimum absolute atomic E-state index is 0.000476. The van der Waals surface area contributed by atoms with Gasteiger partial charge in [-0.1, -0.05) is 31.2 Å². The topological polar surface area (TPSA) is 49.3 Å². The number of aliphatic hydroxyl groups excluding tert-OH is 1. The summed E-state index contributed by atoms with van der Waals surface area (Å²) < 4.78 is 13.1. The Morgan fingerprint density at radius 3 is 2.63 bits per heavy atom. The van der Waals surface area contributed by atoms with Crippen molar-refractivity contribution in [2.45, 2.75) is 26.4 Å². The Hall–Kier alpha value is -1.42. The van der Waals surface area contributed by atoms with Crippen molar-refractivity contribution in [3.05, 3.63) is 35.4 Å². The number of alkyl halides is 1. The fourth-order valence-electron chi connectivity index (χ4n) is 2.83. The average molecular weight is 265 g/mol. The van der Waals surface area contributed by atoms with Gasteiger partial charge in [-0.05, 0) is 24.0 Å². The molecule has 2 N–H and O–H groups in total. The summed E-state index contributed by atoms with van der Waals surface area (Å²) in [6.07, 6.45) is 0. The lowest BCUT2D eigenvalue weighted by Crippen LogP contribution is -2.37. The quantitative estimate of drug-likeness (QED) is 0.875. The molecule has 1 aliphatic heterocycles. The molecule has 1 heterocycles. The third kappa shape index (κ3) is 2.25. The van der Waals surface area contributed by atoms with E-state index in [2.05, 4.69) is 5.32 Å². The summed E-state index contributed by atoms with van der Waals surface area (Å²) >= 11 is 0. The summed E-state index contributed by atoms with van der Waals surface area (Å²) in [7, 11) is 0. The first kappa shape index (κ1) is 14.0. The summed E-state index contributed by atoms with van der Waals surface area (Å²) in [5, 5.41) is 11.8. The van der Waals surface area contributed by atoms with Crippen molar-refractivity contribution in [1.82, 2.24) is 5.32 Å². The first-order chi connectivity index (χ1) is 9.03. The smallest absolute Gasteiger partial charge is 0.227 e. The lowest BCUT2D eigenvalue weighted by molar-refractivity contribution is -0.129. The molecule has 0 bridgehead atoms. The number of carbonyl (C=O) groups is 1. The number of carbonyl (C=O) groups excluding carboxylic acids is 1. The van der Waals surface area contributed by atoms with Crippen molar-refractivity contribution >= 4 is 5.91 Å². The van der Waals surface area contributed by atoms with E-state index in [9.17, 15) is 9.18 Å². The minimum Gasteiger partial charge on any atom is -0.392 e. The Morgan fingerprint density at radius 2 is 2.11 bits per heavy atom. The third-order valence-corrected chi connectivity index (χ3v) is 4.59. The van der Waals surface area contributed by atoms with Gasteiger partial charge in [-0.15, -0.1) is 0 Å². The van der Waals surface area contributed by atoms with E-state index in [4.69, 9.17) is 5.11 Å². The number of benzene rings is 1. The molecule has 19 heavy (non-hydrogen) atoms. The summed E-state index contributed by atoms with van der Waals surface area (Å²) in [4.78, 5) is 12.1. The molecule has 0 spiro atoms. The Balaban J connectivity index is 2.30. The molecule has 1 aliphatic rings. The number of halogens is 1.